The van der Waals surface area contributed by atoms with E-state index in [4.69, 9.17) is 0 Å². The number of rotatable bonds is 7. The summed E-state index contributed by atoms with van der Waals surface area (Å²) in [6, 6.07) is 0. The van der Waals surface area contributed by atoms with Crippen molar-refractivity contribution in [2.75, 3.05) is 40.4 Å². The van der Waals surface area contributed by atoms with Gasteiger partial charge in [0, 0.05) is 27.2 Å². The molecule has 112 valence electrons. The first-order valence-electron chi connectivity index (χ1n) is 5.90. The Morgan fingerprint density at radius 1 is 1.37 bits per heavy atom. The summed E-state index contributed by atoms with van der Waals surface area (Å²) in [5.41, 5.74) is 0.953. The second-order valence-corrected chi connectivity index (χ2v) is 4.23. The molecule has 0 bridgehead atoms. The molecule has 0 aromatic heterocycles. The van der Waals surface area contributed by atoms with Crippen LogP contribution < -0.4 is 10.6 Å². The number of amides is 1. The molecule has 5 nitrogen and oxygen atoms in total. The number of nitrogens with one attached hydrogen (secondary N) is 2. The molecule has 0 atom stereocenters. The summed E-state index contributed by atoms with van der Waals surface area (Å²) >= 11 is 0. The van der Waals surface area contributed by atoms with Crippen LogP contribution >= 0.6 is 24.0 Å². The number of carbonyl (C=O) groups excluding carboxylic acids is 1. The van der Waals surface area contributed by atoms with Crippen molar-refractivity contribution in [3.63, 3.8) is 0 Å². The van der Waals surface area contributed by atoms with Crippen LogP contribution in [0.5, 0.6) is 0 Å². The van der Waals surface area contributed by atoms with E-state index in [2.05, 4.69) is 22.2 Å². The molecular formula is C12H24FIN4O. The van der Waals surface area contributed by atoms with Crippen LogP contribution in [0, 0.1) is 0 Å². The summed E-state index contributed by atoms with van der Waals surface area (Å²) < 4.78 is 12.0. The van der Waals surface area contributed by atoms with E-state index >= 15 is 0 Å². The van der Waals surface area contributed by atoms with Crippen LogP contribution in [0.25, 0.3) is 0 Å². The van der Waals surface area contributed by atoms with E-state index < -0.39 is 0 Å². The van der Waals surface area contributed by atoms with E-state index in [0.717, 1.165) is 5.57 Å². The number of carbonyl (C=O) groups is 1. The predicted molar refractivity (Wildman–Crippen MR) is 87.8 cm³/mol. The lowest BCUT2D eigenvalue weighted by molar-refractivity contribution is -0.127. The maximum absolute atomic E-state index is 12.0. The number of hydrogen-bond donors (Lipinski definition) is 2. The van der Waals surface area contributed by atoms with Gasteiger partial charge in [0.25, 0.3) is 0 Å². The SMILES string of the molecule is C=C(C)CNC(=NCC(=O)N(C)C)NCCCF.I. The minimum atomic E-state index is -0.378. The number of guanidine groups is 1. The topological polar surface area (TPSA) is 56.7 Å². The zero-order chi connectivity index (χ0) is 14.0. The lowest BCUT2D eigenvalue weighted by Gasteiger charge is -2.13. The Balaban J connectivity index is 0. The molecule has 0 unspecified atom stereocenters. The summed E-state index contributed by atoms with van der Waals surface area (Å²) in [7, 11) is 3.35. The highest BCUT2D eigenvalue weighted by Crippen LogP contribution is 1.85. The Bertz CT molecular complexity index is 308. The van der Waals surface area contributed by atoms with Gasteiger partial charge in [-0.1, -0.05) is 12.2 Å². The molecule has 2 N–H and O–H groups in total. The zero-order valence-electron chi connectivity index (χ0n) is 11.8. The van der Waals surface area contributed by atoms with Crippen LogP contribution in [0.3, 0.4) is 0 Å². The minimum absolute atomic E-state index is 0. The van der Waals surface area contributed by atoms with Crippen molar-refractivity contribution in [2.24, 2.45) is 4.99 Å². The minimum Gasteiger partial charge on any atom is -0.356 e. The van der Waals surface area contributed by atoms with Crippen LogP contribution in [0.4, 0.5) is 4.39 Å². The van der Waals surface area contributed by atoms with Crippen LogP contribution in [-0.2, 0) is 4.79 Å². The van der Waals surface area contributed by atoms with E-state index in [9.17, 15) is 9.18 Å². The van der Waals surface area contributed by atoms with Gasteiger partial charge in [0.1, 0.15) is 6.54 Å². The fourth-order valence-corrected chi connectivity index (χ4v) is 0.971. The van der Waals surface area contributed by atoms with Crippen molar-refractivity contribution in [3.8, 4) is 0 Å². The second-order valence-electron chi connectivity index (χ2n) is 4.23. The third-order valence-electron chi connectivity index (χ3n) is 2.03. The standard InChI is InChI=1S/C12H23FN4O.HI/c1-10(2)8-15-12(14-7-5-6-13)16-9-11(18)17(3)4;/h1,5-9H2,2-4H3,(H2,14,15,16);1H. The molecule has 0 rings (SSSR count). The third-order valence-corrected chi connectivity index (χ3v) is 2.03. The molecule has 0 radical (unpaired) electrons. The van der Waals surface area contributed by atoms with E-state index in [1.165, 1.54) is 4.90 Å². The fraction of sp³-hybridized carbons (Fsp3) is 0.667. The normalized spacial score (nSPS) is 10.4. The second kappa shape index (κ2) is 12.2. The molecule has 0 aromatic carbocycles. The Morgan fingerprint density at radius 3 is 2.47 bits per heavy atom. The average molecular weight is 386 g/mol. The maximum atomic E-state index is 12.0. The lowest BCUT2D eigenvalue weighted by atomic mass is 10.3. The highest BCUT2D eigenvalue weighted by Gasteiger charge is 2.04. The molecule has 0 fully saturated rings. The van der Waals surface area contributed by atoms with Crippen molar-refractivity contribution < 1.29 is 9.18 Å². The number of alkyl halides is 1. The Kier molecular flexibility index (Phi) is 13.1. The van der Waals surface area contributed by atoms with Gasteiger partial charge in [0.05, 0.1) is 6.67 Å². The Hall–Kier alpha value is -0.860. The van der Waals surface area contributed by atoms with Crippen molar-refractivity contribution in [2.45, 2.75) is 13.3 Å². The van der Waals surface area contributed by atoms with Crippen molar-refractivity contribution in [3.05, 3.63) is 12.2 Å². The van der Waals surface area contributed by atoms with Gasteiger partial charge in [-0.2, -0.15) is 0 Å². The first-order chi connectivity index (χ1) is 8.47. The molecular weight excluding hydrogens is 362 g/mol. The molecule has 7 heteroatoms. The average Bonchev–Trinajstić information content (AvgIpc) is 2.31. The van der Waals surface area contributed by atoms with Crippen LogP contribution in [0.15, 0.2) is 17.1 Å². The van der Waals surface area contributed by atoms with Gasteiger partial charge >= 0.3 is 0 Å². The molecule has 0 aromatic rings. The molecule has 0 aliphatic heterocycles. The van der Waals surface area contributed by atoms with Gasteiger partial charge in [-0.05, 0) is 13.3 Å². The third kappa shape index (κ3) is 11.9. The Morgan fingerprint density at radius 2 is 2.00 bits per heavy atom. The van der Waals surface area contributed by atoms with Gasteiger partial charge in [-0.3, -0.25) is 9.18 Å². The summed E-state index contributed by atoms with van der Waals surface area (Å²) in [5.74, 6) is 0.415. The molecule has 0 saturated carbocycles. The summed E-state index contributed by atoms with van der Waals surface area (Å²) in [4.78, 5) is 17.0. The van der Waals surface area contributed by atoms with E-state index in [1.54, 1.807) is 14.1 Å². The molecule has 0 aliphatic carbocycles. The van der Waals surface area contributed by atoms with Crippen molar-refractivity contribution >= 4 is 35.8 Å². The number of likely N-dealkylation sites (N-methyl/N-ethyl adjacent to an activating group) is 1. The quantitative estimate of drug-likeness (QED) is 0.227. The molecule has 19 heavy (non-hydrogen) atoms. The van der Waals surface area contributed by atoms with Gasteiger partial charge in [0.2, 0.25) is 5.91 Å². The number of halogens is 2. The number of aliphatic imine (C=N–C) groups is 1. The summed E-state index contributed by atoms with van der Waals surface area (Å²) in [6.45, 7) is 6.39. The first kappa shape index (κ1) is 20.5. The van der Waals surface area contributed by atoms with Gasteiger partial charge in [-0.25, -0.2) is 4.99 Å². The molecule has 1 amide bonds. The highest BCUT2D eigenvalue weighted by atomic mass is 127. The fourth-order valence-electron chi connectivity index (χ4n) is 0.971. The van der Waals surface area contributed by atoms with Crippen molar-refractivity contribution in [1.29, 1.82) is 0 Å². The highest BCUT2D eigenvalue weighted by molar-refractivity contribution is 14.0. The molecule has 0 saturated heterocycles. The van der Waals surface area contributed by atoms with Gasteiger partial charge in [0.15, 0.2) is 5.96 Å². The van der Waals surface area contributed by atoms with E-state index in [1.807, 2.05) is 6.92 Å². The van der Waals surface area contributed by atoms with Crippen LogP contribution in [0.2, 0.25) is 0 Å². The van der Waals surface area contributed by atoms with Crippen molar-refractivity contribution in [1.82, 2.24) is 15.5 Å². The van der Waals surface area contributed by atoms with E-state index in [0.29, 0.717) is 25.5 Å². The zero-order valence-corrected chi connectivity index (χ0v) is 14.2. The Labute approximate surface area is 131 Å². The largest absolute Gasteiger partial charge is 0.356 e. The summed E-state index contributed by atoms with van der Waals surface area (Å²) in [5, 5.41) is 5.98. The van der Waals surface area contributed by atoms with Crippen LogP contribution in [-0.4, -0.2) is 57.2 Å². The smallest absolute Gasteiger partial charge is 0.243 e. The number of hydrogen-bond acceptors (Lipinski definition) is 2. The molecule has 0 spiro atoms. The van der Waals surface area contributed by atoms with Gasteiger partial charge < -0.3 is 15.5 Å². The molecule has 0 aliphatic rings. The van der Waals surface area contributed by atoms with Crippen LogP contribution in [0.1, 0.15) is 13.3 Å². The molecule has 0 heterocycles. The monoisotopic (exact) mass is 386 g/mol. The van der Waals surface area contributed by atoms with Gasteiger partial charge in [-0.15, -0.1) is 24.0 Å². The lowest BCUT2D eigenvalue weighted by Crippen LogP contribution is -2.39. The summed E-state index contributed by atoms with van der Waals surface area (Å²) in [6.07, 6.45) is 0.412. The predicted octanol–water partition coefficient (Wildman–Crippen LogP) is 1.16. The maximum Gasteiger partial charge on any atom is 0.243 e. The van der Waals surface area contributed by atoms with E-state index in [-0.39, 0.29) is 43.1 Å². The number of nitrogens with zero attached hydrogens (tertiary/aromatic N) is 2. The first-order valence-corrected chi connectivity index (χ1v) is 5.90.